The van der Waals surface area contributed by atoms with Crippen LogP contribution in [0.1, 0.15) is 50.3 Å². The molecule has 0 aromatic heterocycles. The lowest BCUT2D eigenvalue weighted by molar-refractivity contribution is -0.113. The highest BCUT2D eigenvalue weighted by molar-refractivity contribution is 5.38. The molecule has 1 aromatic rings. The highest BCUT2D eigenvalue weighted by Crippen LogP contribution is 2.32. The van der Waals surface area contributed by atoms with Crippen molar-refractivity contribution in [2.45, 2.75) is 57.8 Å². The van der Waals surface area contributed by atoms with Gasteiger partial charge in [-0.3, -0.25) is 0 Å². The Balaban J connectivity index is 0.00000145. The lowest BCUT2D eigenvalue weighted by Gasteiger charge is -2.32. The average Bonchev–Trinajstić information content (AvgIpc) is 2.73. The Bertz CT molecular complexity index is 770. The van der Waals surface area contributed by atoms with E-state index in [9.17, 15) is 10.2 Å². The first-order valence-electron chi connectivity index (χ1n) is 10.6. The quantitative estimate of drug-likeness (QED) is 0.704. The molecule has 2 aliphatic rings. The lowest BCUT2D eigenvalue weighted by Crippen LogP contribution is -2.33. The molecule has 1 aliphatic carbocycles. The predicted octanol–water partition coefficient (Wildman–Crippen LogP) is 5.38. The fourth-order valence-electron chi connectivity index (χ4n) is 3.62. The molecule has 3 heteroatoms. The summed E-state index contributed by atoms with van der Waals surface area (Å²) in [6.07, 6.45) is 16.5. The van der Waals surface area contributed by atoms with Crippen molar-refractivity contribution in [1.29, 1.82) is 0 Å². The van der Waals surface area contributed by atoms with Gasteiger partial charge in [0.2, 0.25) is 0 Å². The summed E-state index contributed by atoms with van der Waals surface area (Å²) in [7, 11) is 0. The monoisotopic (exact) mass is 394 g/mol. The standard InChI is InChI=1S/C24H28O3.C2H6/c1-2-6-18-7-3-9-19(10-4-8-18)13-20-11-5-12-21(14-20)24-16-22(26)15-23(17-25)27-24;1-2/h2-7,9-12,14,22-26H,1,8,13,15-17H2;1-2H3/b7-3-,10-4-,18-6+,19-9-;. The molecule has 156 valence electrons. The van der Waals surface area contributed by atoms with Crippen LogP contribution in [0.4, 0.5) is 0 Å². The van der Waals surface area contributed by atoms with Crippen molar-refractivity contribution in [2.24, 2.45) is 0 Å². The molecule has 0 saturated carbocycles. The van der Waals surface area contributed by atoms with Crippen molar-refractivity contribution in [2.75, 3.05) is 6.61 Å². The van der Waals surface area contributed by atoms with Crippen LogP contribution in [-0.4, -0.2) is 29.0 Å². The average molecular weight is 395 g/mol. The number of ether oxygens (including phenoxy) is 1. The van der Waals surface area contributed by atoms with Crippen LogP contribution < -0.4 is 0 Å². The van der Waals surface area contributed by atoms with Crippen LogP contribution in [0.2, 0.25) is 0 Å². The molecule has 0 bridgehead atoms. The van der Waals surface area contributed by atoms with Gasteiger partial charge in [0, 0.05) is 12.8 Å². The van der Waals surface area contributed by atoms with Crippen LogP contribution in [0.15, 0.2) is 84.5 Å². The summed E-state index contributed by atoms with van der Waals surface area (Å²) in [4.78, 5) is 0. The van der Waals surface area contributed by atoms with Crippen molar-refractivity contribution >= 4 is 0 Å². The maximum atomic E-state index is 10.1. The van der Waals surface area contributed by atoms with Crippen molar-refractivity contribution in [3.63, 3.8) is 0 Å². The van der Waals surface area contributed by atoms with E-state index < -0.39 is 6.10 Å². The van der Waals surface area contributed by atoms with Crippen LogP contribution >= 0.6 is 0 Å². The van der Waals surface area contributed by atoms with E-state index in [1.807, 2.05) is 38.1 Å². The highest BCUT2D eigenvalue weighted by atomic mass is 16.5. The number of hydrogen-bond donors (Lipinski definition) is 2. The number of rotatable bonds is 5. The summed E-state index contributed by atoms with van der Waals surface area (Å²) >= 11 is 0. The minimum atomic E-state index is -0.427. The van der Waals surface area contributed by atoms with Gasteiger partial charge in [-0.2, -0.15) is 0 Å². The fourth-order valence-corrected chi connectivity index (χ4v) is 3.62. The minimum absolute atomic E-state index is 0.0560. The number of aliphatic hydroxyl groups is 2. The van der Waals surface area contributed by atoms with Crippen molar-refractivity contribution in [3.05, 3.63) is 95.6 Å². The predicted molar refractivity (Wildman–Crippen MR) is 121 cm³/mol. The first-order valence-corrected chi connectivity index (χ1v) is 10.6. The molecular weight excluding hydrogens is 360 g/mol. The van der Waals surface area contributed by atoms with Gasteiger partial charge in [-0.1, -0.05) is 87.2 Å². The molecule has 2 N–H and O–H groups in total. The Morgan fingerprint density at radius 2 is 2.03 bits per heavy atom. The van der Waals surface area contributed by atoms with E-state index in [1.54, 1.807) is 0 Å². The van der Waals surface area contributed by atoms with E-state index in [4.69, 9.17) is 4.74 Å². The van der Waals surface area contributed by atoms with Crippen molar-refractivity contribution in [3.8, 4) is 0 Å². The summed E-state index contributed by atoms with van der Waals surface area (Å²) in [5.74, 6) is 0. The molecule has 1 heterocycles. The van der Waals surface area contributed by atoms with Crippen molar-refractivity contribution in [1.82, 2.24) is 0 Å². The van der Waals surface area contributed by atoms with Crippen LogP contribution in [-0.2, 0) is 11.2 Å². The third-order valence-corrected chi connectivity index (χ3v) is 4.95. The van der Waals surface area contributed by atoms with Gasteiger partial charge in [0.1, 0.15) is 0 Å². The molecule has 3 atom stereocenters. The first-order chi connectivity index (χ1) is 14.2. The Kier molecular flexibility index (Phi) is 9.85. The molecule has 3 unspecified atom stereocenters. The summed E-state index contributed by atoms with van der Waals surface area (Å²) in [6, 6.07) is 8.34. The summed E-state index contributed by atoms with van der Waals surface area (Å²) in [5, 5.41) is 19.4. The van der Waals surface area contributed by atoms with Gasteiger partial charge in [0.05, 0.1) is 24.9 Å². The maximum absolute atomic E-state index is 10.1. The van der Waals surface area contributed by atoms with E-state index in [0.29, 0.717) is 12.8 Å². The minimum Gasteiger partial charge on any atom is -0.394 e. The summed E-state index contributed by atoms with van der Waals surface area (Å²) < 4.78 is 5.94. The SMILES string of the molecule is C=C\C=C1/C=C\C=C(Cc2cccc(C3CC(O)CC(CO)O3)c2)\C=C/C1.CC. The zero-order valence-corrected chi connectivity index (χ0v) is 17.6. The molecule has 1 fully saturated rings. The third kappa shape index (κ3) is 7.28. The second kappa shape index (κ2) is 12.4. The van der Waals surface area contributed by atoms with E-state index >= 15 is 0 Å². The Morgan fingerprint density at radius 1 is 1.21 bits per heavy atom. The largest absolute Gasteiger partial charge is 0.394 e. The first kappa shape index (κ1) is 23.1. The number of hydrogen-bond acceptors (Lipinski definition) is 3. The van der Waals surface area contributed by atoms with Crippen LogP contribution in [0, 0.1) is 0 Å². The van der Waals surface area contributed by atoms with Gasteiger partial charge < -0.3 is 14.9 Å². The summed E-state index contributed by atoms with van der Waals surface area (Å²) in [6.45, 7) is 7.70. The summed E-state index contributed by atoms with van der Waals surface area (Å²) in [5.41, 5.74) is 4.76. The molecule has 0 amide bonds. The second-order valence-electron chi connectivity index (χ2n) is 7.16. The van der Waals surface area contributed by atoms with Gasteiger partial charge in [-0.15, -0.1) is 0 Å². The maximum Gasteiger partial charge on any atom is 0.0854 e. The van der Waals surface area contributed by atoms with E-state index in [2.05, 4.69) is 49.1 Å². The smallest absolute Gasteiger partial charge is 0.0854 e. The topological polar surface area (TPSA) is 49.7 Å². The molecule has 1 aromatic carbocycles. The molecular formula is C26H34O3. The molecule has 0 radical (unpaired) electrons. The van der Waals surface area contributed by atoms with E-state index in [-0.39, 0.29) is 18.8 Å². The molecule has 3 rings (SSSR count). The van der Waals surface area contributed by atoms with Gasteiger partial charge in [-0.05, 0) is 35.1 Å². The zero-order valence-electron chi connectivity index (χ0n) is 17.6. The van der Waals surface area contributed by atoms with E-state index in [1.165, 1.54) is 16.7 Å². The number of benzene rings is 1. The Labute approximate surface area is 175 Å². The van der Waals surface area contributed by atoms with E-state index in [0.717, 1.165) is 18.4 Å². The molecule has 1 saturated heterocycles. The Hall–Kier alpha value is -2.20. The van der Waals surface area contributed by atoms with Gasteiger partial charge >= 0.3 is 0 Å². The van der Waals surface area contributed by atoms with Crippen molar-refractivity contribution < 1.29 is 14.9 Å². The van der Waals surface area contributed by atoms with Crippen LogP contribution in [0.5, 0.6) is 0 Å². The molecule has 0 spiro atoms. The third-order valence-electron chi connectivity index (χ3n) is 4.95. The lowest BCUT2D eigenvalue weighted by atomic mass is 9.93. The van der Waals surface area contributed by atoms with Gasteiger partial charge in [-0.25, -0.2) is 0 Å². The Morgan fingerprint density at radius 3 is 2.79 bits per heavy atom. The van der Waals surface area contributed by atoms with Crippen LogP contribution in [0.25, 0.3) is 0 Å². The normalized spacial score (nSPS) is 29.4. The number of aliphatic hydroxyl groups excluding tert-OH is 2. The fraction of sp³-hybridized carbons (Fsp3) is 0.385. The zero-order chi connectivity index (χ0) is 21.1. The highest BCUT2D eigenvalue weighted by Gasteiger charge is 2.28. The van der Waals surface area contributed by atoms with Gasteiger partial charge in [0.25, 0.3) is 0 Å². The second-order valence-corrected chi connectivity index (χ2v) is 7.16. The van der Waals surface area contributed by atoms with Gasteiger partial charge in [0.15, 0.2) is 0 Å². The molecule has 1 aliphatic heterocycles. The van der Waals surface area contributed by atoms with Crippen LogP contribution in [0.3, 0.4) is 0 Å². The number of allylic oxidation sites excluding steroid dienone is 9. The molecule has 3 nitrogen and oxygen atoms in total. The molecule has 29 heavy (non-hydrogen) atoms.